The summed E-state index contributed by atoms with van der Waals surface area (Å²) in [5, 5.41) is 15.7. The van der Waals surface area contributed by atoms with Crippen molar-refractivity contribution in [3.05, 3.63) is 46.7 Å². The van der Waals surface area contributed by atoms with Gasteiger partial charge in [0.15, 0.2) is 0 Å². The lowest BCUT2D eigenvalue weighted by atomic mass is 10.2. The monoisotopic (exact) mass is 408 g/mol. The summed E-state index contributed by atoms with van der Waals surface area (Å²) in [6, 6.07) is 8.25. The van der Waals surface area contributed by atoms with Crippen LogP contribution >= 0.6 is 22.7 Å². The number of anilines is 2. The number of aromatic nitrogens is 2. The number of sulfonamides is 1. The third kappa shape index (κ3) is 4.65. The summed E-state index contributed by atoms with van der Waals surface area (Å²) in [7, 11) is -3.41. The Labute approximate surface area is 159 Å². The van der Waals surface area contributed by atoms with Crippen molar-refractivity contribution < 1.29 is 13.2 Å². The number of hydrogen-bond acceptors (Lipinski definition) is 7. The van der Waals surface area contributed by atoms with Crippen molar-refractivity contribution in [3.63, 3.8) is 0 Å². The second-order valence-electron chi connectivity index (χ2n) is 5.38. The molecule has 1 aromatic carbocycles. The van der Waals surface area contributed by atoms with Crippen molar-refractivity contribution in [3.8, 4) is 10.6 Å². The van der Waals surface area contributed by atoms with Gasteiger partial charge in [0.2, 0.25) is 15.2 Å². The number of thiophene rings is 1. The average molecular weight is 409 g/mol. The van der Waals surface area contributed by atoms with Crippen LogP contribution in [0.5, 0.6) is 0 Å². The molecule has 0 bridgehead atoms. The predicted octanol–water partition coefficient (Wildman–Crippen LogP) is 3.67. The molecule has 0 aliphatic heterocycles. The van der Waals surface area contributed by atoms with Crippen molar-refractivity contribution in [2.75, 3.05) is 15.8 Å². The summed E-state index contributed by atoms with van der Waals surface area (Å²) in [4.78, 5) is 12.4. The molecule has 26 heavy (non-hydrogen) atoms. The molecule has 136 valence electrons. The Morgan fingerprint density at radius 3 is 2.81 bits per heavy atom. The zero-order chi connectivity index (χ0) is 18.6. The minimum Gasteiger partial charge on any atom is -0.296 e. The lowest BCUT2D eigenvalue weighted by Gasteiger charge is -2.08. The maximum Gasteiger partial charge on any atom is 0.257 e. The summed E-state index contributed by atoms with van der Waals surface area (Å²) in [5.74, 6) is -0.353. The number of carbonyl (C=O) groups excluding carboxylic acids is 1. The highest BCUT2D eigenvalue weighted by atomic mass is 32.2. The van der Waals surface area contributed by atoms with E-state index >= 15 is 0 Å². The molecular weight excluding hydrogens is 392 g/mol. The van der Waals surface area contributed by atoms with Crippen molar-refractivity contribution in [2.24, 2.45) is 0 Å². The van der Waals surface area contributed by atoms with Crippen LogP contribution in [0.4, 0.5) is 10.8 Å². The predicted molar refractivity (Wildman–Crippen MR) is 105 cm³/mol. The SMILES string of the molecule is CCCS(=O)(=O)Nc1cccc(C(=O)Nc2nnc(-c3ccsc3)s2)c1. The molecule has 0 fully saturated rings. The zero-order valence-corrected chi connectivity index (χ0v) is 16.2. The molecule has 7 nitrogen and oxygen atoms in total. The van der Waals surface area contributed by atoms with Crippen LogP contribution in [0.1, 0.15) is 23.7 Å². The summed E-state index contributed by atoms with van der Waals surface area (Å²) in [6.07, 6.45) is 0.513. The fourth-order valence-electron chi connectivity index (χ4n) is 2.17. The maximum absolute atomic E-state index is 12.4. The van der Waals surface area contributed by atoms with Crippen LogP contribution in [0.2, 0.25) is 0 Å². The van der Waals surface area contributed by atoms with E-state index < -0.39 is 10.0 Å². The van der Waals surface area contributed by atoms with Gasteiger partial charge in [-0.3, -0.25) is 14.8 Å². The number of nitrogens with zero attached hydrogens (tertiary/aromatic N) is 2. The first-order valence-electron chi connectivity index (χ1n) is 7.75. The van der Waals surface area contributed by atoms with Crippen LogP contribution < -0.4 is 10.0 Å². The van der Waals surface area contributed by atoms with Crippen LogP contribution in [0.15, 0.2) is 41.1 Å². The van der Waals surface area contributed by atoms with Crippen LogP contribution in [-0.4, -0.2) is 30.3 Å². The number of hydrogen-bond donors (Lipinski definition) is 2. The van der Waals surface area contributed by atoms with Gasteiger partial charge in [0.25, 0.3) is 5.91 Å². The molecule has 0 aliphatic rings. The smallest absolute Gasteiger partial charge is 0.257 e. The van der Waals surface area contributed by atoms with Crippen LogP contribution in [0, 0.1) is 0 Å². The number of benzene rings is 1. The van der Waals surface area contributed by atoms with E-state index in [0.717, 1.165) is 10.6 Å². The second kappa shape index (κ2) is 7.94. The standard InChI is InChI=1S/C16H16N4O3S3/c1-2-8-26(22,23)20-13-5-3-4-11(9-13)14(21)17-16-19-18-15(25-16)12-6-7-24-10-12/h3-7,9-10,20H,2,8H2,1H3,(H,17,19,21). The third-order valence-electron chi connectivity index (χ3n) is 3.28. The summed E-state index contributed by atoms with van der Waals surface area (Å²) in [6.45, 7) is 1.79. The topological polar surface area (TPSA) is 101 Å². The van der Waals surface area contributed by atoms with E-state index in [-0.39, 0.29) is 11.7 Å². The normalized spacial score (nSPS) is 11.3. The van der Waals surface area contributed by atoms with Gasteiger partial charge in [-0.15, -0.1) is 10.2 Å². The molecule has 0 atom stereocenters. The van der Waals surface area contributed by atoms with Gasteiger partial charge in [0.1, 0.15) is 5.01 Å². The summed E-state index contributed by atoms with van der Waals surface area (Å²) >= 11 is 2.83. The van der Waals surface area contributed by atoms with E-state index in [0.29, 0.717) is 22.8 Å². The highest BCUT2D eigenvalue weighted by molar-refractivity contribution is 7.92. The zero-order valence-electron chi connectivity index (χ0n) is 13.8. The molecule has 0 saturated carbocycles. The quantitative estimate of drug-likeness (QED) is 0.621. The van der Waals surface area contributed by atoms with E-state index in [1.54, 1.807) is 36.5 Å². The molecular formula is C16H16N4O3S3. The Bertz CT molecular complexity index is 997. The molecule has 0 unspecified atom stereocenters. The van der Waals surface area contributed by atoms with E-state index in [9.17, 15) is 13.2 Å². The fourth-order valence-corrected chi connectivity index (χ4v) is 4.74. The van der Waals surface area contributed by atoms with E-state index in [4.69, 9.17) is 0 Å². The molecule has 3 rings (SSSR count). The summed E-state index contributed by atoms with van der Waals surface area (Å²) in [5.41, 5.74) is 1.64. The van der Waals surface area contributed by atoms with Gasteiger partial charge in [-0.25, -0.2) is 8.42 Å². The number of carbonyl (C=O) groups is 1. The minimum absolute atomic E-state index is 0.0273. The lowest BCUT2D eigenvalue weighted by molar-refractivity contribution is 0.102. The van der Waals surface area contributed by atoms with Gasteiger partial charge in [-0.2, -0.15) is 11.3 Å². The second-order valence-corrected chi connectivity index (χ2v) is 8.98. The van der Waals surface area contributed by atoms with Crippen molar-refractivity contribution >= 4 is 49.4 Å². The van der Waals surface area contributed by atoms with Gasteiger partial charge in [0.05, 0.1) is 5.75 Å². The fraction of sp³-hybridized carbons (Fsp3) is 0.188. The highest BCUT2D eigenvalue weighted by Crippen LogP contribution is 2.28. The number of nitrogens with one attached hydrogen (secondary N) is 2. The van der Waals surface area contributed by atoms with Gasteiger partial charge < -0.3 is 0 Å². The average Bonchev–Trinajstić information content (AvgIpc) is 3.25. The van der Waals surface area contributed by atoms with Gasteiger partial charge in [-0.05, 0) is 36.1 Å². The molecule has 2 aromatic heterocycles. The molecule has 0 spiro atoms. The van der Waals surface area contributed by atoms with Gasteiger partial charge >= 0.3 is 0 Å². The molecule has 2 heterocycles. The maximum atomic E-state index is 12.4. The lowest BCUT2D eigenvalue weighted by Crippen LogP contribution is -2.17. The molecule has 3 aromatic rings. The molecule has 10 heteroatoms. The minimum atomic E-state index is -3.41. The van der Waals surface area contributed by atoms with Crippen LogP contribution in [-0.2, 0) is 10.0 Å². The van der Waals surface area contributed by atoms with Crippen molar-refractivity contribution in [2.45, 2.75) is 13.3 Å². The Hall–Kier alpha value is -2.30. The Morgan fingerprint density at radius 1 is 1.23 bits per heavy atom. The molecule has 1 amide bonds. The van der Waals surface area contributed by atoms with Gasteiger partial charge in [0, 0.05) is 22.2 Å². The number of rotatable bonds is 7. The summed E-state index contributed by atoms with van der Waals surface area (Å²) < 4.78 is 26.2. The first-order valence-corrected chi connectivity index (χ1v) is 11.2. The molecule has 2 N–H and O–H groups in total. The van der Waals surface area contributed by atoms with Crippen LogP contribution in [0.3, 0.4) is 0 Å². The molecule has 0 radical (unpaired) electrons. The van der Waals surface area contributed by atoms with Crippen molar-refractivity contribution in [1.82, 2.24) is 10.2 Å². The largest absolute Gasteiger partial charge is 0.296 e. The first kappa shape index (κ1) is 18.5. The Balaban J connectivity index is 1.71. The Morgan fingerprint density at radius 2 is 2.08 bits per heavy atom. The van der Waals surface area contributed by atoms with E-state index in [1.165, 1.54) is 17.4 Å². The third-order valence-corrected chi connectivity index (χ3v) is 6.35. The molecule has 0 aliphatic carbocycles. The first-order chi connectivity index (χ1) is 12.5. The van der Waals surface area contributed by atoms with Gasteiger partial charge in [-0.1, -0.05) is 24.3 Å². The van der Waals surface area contributed by atoms with Crippen molar-refractivity contribution in [1.29, 1.82) is 0 Å². The number of amides is 1. The van der Waals surface area contributed by atoms with E-state index in [2.05, 4.69) is 20.2 Å². The Kier molecular flexibility index (Phi) is 5.64. The van der Waals surface area contributed by atoms with E-state index in [1.807, 2.05) is 16.8 Å². The highest BCUT2D eigenvalue weighted by Gasteiger charge is 2.14. The van der Waals surface area contributed by atoms with Crippen LogP contribution in [0.25, 0.3) is 10.6 Å². The molecule has 0 saturated heterocycles.